The van der Waals surface area contributed by atoms with Gasteiger partial charge in [-0.25, -0.2) is 4.98 Å². The summed E-state index contributed by atoms with van der Waals surface area (Å²) in [6, 6.07) is 4.09. The number of hydrogen-bond donors (Lipinski definition) is 0. The lowest BCUT2D eigenvalue weighted by Crippen LogP contribution is -3.00. The lowest BCUT2D eigenvalue weighted by atomic mass is 10.1. The fourth-order valence-electron chi connectivity index (χ4n) is 1.19. The highest BCUT2D eigenvalue weighted by atomic mass is 127. The van der Waals surface area contributed by atoms with Gasteiger partial charge >= 0.3 is 0 Å². The molecule has 1 aromatic heterocycles. The van der Waals surface area contributed by atoms with Crippen molar-refractivity contribution in [1.82, 2.24) is 0 Å². The minimum atomic E-state index is 0. The third-order valence-corrected chi connectivity index (χ3v) is 1.79. The topological polar surface area (TPSA) is 14.1 Å². The highest BCUT2D eigenvalue weighted by Crippen LogP contribution is 2.08. The lowest BCUT2D eigenvalue weighted by Gasteiger charge is -1.93. The molecule has 0 saturated carbocycles. The maximum atomic E-state index is 3.18. The minimum absolute atomic E-state index is 0. The Morgan fingerprint density at radius 2 is 1.69 bits per heavy atom. The lowest BCUT2D eigenvalue weighted by molar-refractivity contribution is -0.381. The third-order valence-electron chi connectivity index (χ3n) is 1.79. The first-order valence-corrected chi connectivity index (χ1v) is 3.99. The fraction of sp³-hybridized carbons (Fsp3) is 0. The second-order valence-corrected chi connectivity index (χ2v) is 2.64. The van der Waals surface area contributed by atoms with Crippen molar-refractivity contribution in [2.24, 2.45) is 0 Å². The van der Waals surface area contributed by atoms with Crippen molar-refractivity contribution in [3.05, 3.63) is 53.9 Å². The van der Waals surface area contributed by atoms with Gasteiger partial charge in [-0.3, -0.25) is 0 Å². The number of hydrogen-bond acceptors (Lipinski definition) is 0. The van der Waals surface area contributed by atoms with Crippen LogP contribution in [0.2, 0.25) is 0 Å². The molecule has 2 rings (SSSR count). The largest absolute Gasteiger partial charge is 1.00 e. The Labute approximate surface area is 94.9 Å². The van der Waals surface area contributed by atoms with Crippen LogP contribution in [0.3, 0.4) is 0 Å². The van der Waals surface area contributed by atoms with Gasteiger partial charge < -0.3 is 24.0 Å². The van der Waals surface area contributed by atoms with Crippen molar-refractivity contribution < 1.29 is 29.0 Å². The molecule has 0 unspecified atom stereocenters. The quantitative estimate of drug-likeness (QED) is 0.548. The molecule has 0 bridgehead atoms. The van der Waals surface area contributed by atoms with Crippen molar-refractivity contribution in [3.8, 4) is 0 Å². The molecule has 1 nitrogen and oxygen atoms in total. The van der Waals surface area contributed by atoms with Crippen LogP contribution in [0.25, 0.3) is 12.2 Å². The van der Waals surface area contributed by atoms with Crippen LogP contribution >= 0.6 is 0 Å². The molecule has 0 spiro atoms. The first-order chi connectivity index (χ1) is 5.97. The third kappa shape index (κ3) is 2.52. The summed E-state index contributed by atoms with van der Waals surface area (Å²) in [6.45, 7) is 0. The van der Waals surface area contributed by atoms with E-state index in [1.165, 1.54) is 5.56 Å². The second-order valence-electron chi connectivity index (χ2n) is 2.64. The van der Waals surface area contributed by atoms with Crippen LogP contribution < -0.4 is 29.0 Å². The van der Waals surface area contributed by atoms with E-state index in [-0.39, 0.29) is 24.0 Å². The smallest absolute Gasteiger partial charge is 0.210 e. The monoisotopic (exact) mass is 283 g/mol. The molecule has 0 saturated heterocycles. The number of allylic oxidation sites excluding steroid dienone is 4. The molecule has 1 aliphatic carbocycles. The van der Waals surface area contributed by atoms with Gasteiger partial charge in [0.2, 0.25) is 5.69 Å². The number of rotatable bonds is 0. The maximum Gasteiger partial charge on any atom is 0.210 e. The molecular formula is C11H10IN. The molecule has 1 heterocycles. The van der Waals surface area contributed by atoms with Gasteiger partial charge in [-0.15, -0.1) is 0 Å². The van der Waals surface area contributed by atoms with E-state index >= 15 is 0 Å². The fourth-order valence-corrected chi connectivity index (χ4v) is 1.19. The van der Waals surface area contributed by atoms with Gasteiger partial charge in [0, 0.05) is 17.7 Å². The van der Waals surface area contributed by atoms with Crippen molar-refractivity contribution in [2.75, 3.05) is 0 Å². The van der Waals surface area contributed by atoms with Gasteiger partial charge in [0.15, 0.2) is 6.20 Å². The molecule has 2 heteroatoms. The zero-order valence-corrected chi connectivity index (χ0v) is 9.23. The maximum absolute atomic E-state index is 3.18. The van der Waals surface area contributed by atoms with Crippen LogP contribution in [-0.2, 0) is 0 Å². The van der Waals surface area contributed by atoms with Crippen LogP contribution in [0.4, 0.5) is 0 Å². The number of H-pyrrole nitrogens is 1. The molecule has 0 amide bonds. The summed E-state index contributed by atoms with van der Waals surface area (Å²) < 4.78 is 0. The van der Waals surface area contributed by atoms with E-state index in [0.29, 0.717) is 0 Å². The number of nitrogens with one attached hydrogen (secondary N) is 1. The average molecular weight is 283 g/mol. The molecule has 66 valence electrons. The molecular weight excluding hydrogens is 273 g/mol. The van der Waals surface area contributed by atoms with Crippen LogP contribution in [0.15, 0.2) is 42.6 Å². The van der Waals surface area contributed by atoms with E-state index in [1.807, 2.05) is 36.6 Å². The van der Waals surface area contributed by atoms with Gasteiger partial charge in [-0.1, -0.05) is 24.3 Å². The van der Waals surface area contributed by atoms with Crippen molar-refractivity contribution in [1.29, 1.82) is 0 Å². The molecule has 13 heavy (non-hydrogen) atoms. The summed E-state index contributed by atoms with van der Waals surface area (Å²) in [7, 11) is 0. The van der Waals surface area contributed by atoms with Crippen LogP contribution in [0, 0.1) is 0 Å². The van der Waals surface area contributed by atoms with Crippen molar-refractivity contribution in [3.63, 3.8) is 0 Å². The van der Waals surface area contributed by atoms with E-state index in [4.69, 9.17) is 0 Å². The van der Waals surface area contributed by atoms with Gasteiger partial charge in [-0.2, -0.15) is 0 Å². The highest BCUT2D eigenvalue weighted by molar-refractivity contribution is 5.63. The van der Waals surface area contributed by atoms with Crippen LogP contribution in [0.5, 0.6) is 0 Å². The Bertz CT molecular complexity index is 329. The average Bonchev–Trinajstić information content (AvgIpc) is 2.06. The highest BCUT2D eigenvalue weighted by Gasteiger charge is 2.01. The first kappa shape index (κ1) is 10.2. The number of pyridine rings is 1. The van der Waals surface area contributed by atoms with Gasteiger partial charge in [0.05, 0.1) is 0 Å². The number of fused-ring (bicyclic) bond motifs is 1. The van der Waals surface area contributed by atoms with Gasteiger partial charge in [0.1, 0.15) is 0 Å². The van der Waals surface area contributed by atoms with Crippen LogP contribution in [-0.4, -0.2) is 0 Å². The molecule has 0 fully saturated rings. The summed E-state index contributed by atoms with van der Waals surface area (Å²) in [5.74, 6) is 0. The zero-order valence-electron chi connectivity index (χ0n) is 7.07. The van der Waals surface area contributed by atoms with E-state index in [2.05, 4.69) is 23.2 Å². The Kier molecular flexibility index (Phi) is 3.89. The Balaban J connectivity index is 0.000000845. The van der Waals surface area contributed by atoms with Crippen molar-refractivity contribution in [2.45, 2.75) is 0 Å². The molecule has 0 radical (unpaired) electrons. The Morgan fingerprint density at radius 1 is 0.923 bits per heavy atom. The van der Waals surface area contributed by atoms with E-state index in [1.54, 1.807) is 0 Å². The number of aromatic amines is 1. The normalized spacial score (nSPS) is 20.0. The summed E-state index contributed by atoms with van der Waals surface area (Å²) in [5.41, 5.74) is 2.37. The summed E-state index contributed by atoms with van der Waals surface area (Å²) in [4.78, 5) is 3.18. The number of aromatic nitrogens is 1. The molecule has 1 aromatic rings. The second kappa shape index (κ2) is 4.97. The molecule has 0 atom stereocenters. The number of halogens is 1. The van der Waals surface area contributed by atoms with E-state index < -0.39 is 0 Å². The molecule has 0 aliphatic heterocycles. The molecule has 0 aromatic carbocycles. The SMILES string of the molecule is C1=C\C=C/c2[nH+]cccc2\C=C/1.[I-]. The van der Waals surface area contributed by atoms with E-state index in [9.17, 15) is 0 Å². The molecule has 1 N–H and O–H groups in total. The van der Waals surface area contributed by atoms with Gasteiger partial charge in [-0.05, 0) is 12.1 Å². The first-order valence-electron chi connectivity index (χ1n) is 3.99. The van der Waals surface area contributed by atoms with Gasteiger partial charge in [0.25, 0.3) is 0 Å². The Hall–Kier alpha value is -0.900. The predicted octanol–water partition coefficient (Wildman–Crippen LogP) is -0.899. The van der Waals surface area contributed by atoms with Crippen LogP contribution in [0.1, 0.15) is 11.3 Å². The summed E-state index contributed by atoms with van der Waals surface area (Å²) >= 11 is 0. The van der Waals surface area contributed by atoms with Crippen molar-refractivity contribution >= 4 is 12.2 Å². The minimum Gasteiger partial charge on any atom is -1.00 e. The zero-order chi connectivity index (χ0) is 8.23. The summed E-state index contributed by atoms with van der Waals surface area (Å²) in [6.07, 6.45) is 14.2. The predicted molar refractivity (Wildman–Crippen MR) is 50.2 cm³/mol. The van der Waals surface area contributed by atoms with E-state index in [0.717, 1.165) is 5.69 Å². The summed E-state index contributed by atoms with van der Waals surface area (Å²) in [5, 5.41) is 0. The molecule has 1 aliphatic rings. The Morgan fingerprint density at radius 3 is 2.54 bits per heavy atom. The standard InChI is InChI=1S/C11H9N.HI/c1-2-4-8-11-10(6-3-1)7-5-9-12-11;/h1-9H;1H/b2-1-,3-1?,4-2?,6-3-,8-4-,10-6?,11-8?;.